The minimum absolute atomic E-state index is 0.000632. The lowest BCUT2D eigenvalue weighted by molar-refractivity contribution is -0.140. The van der Waals surface area contributed by atoms with Crippen molar-refractivity contribution in [3.8, 4) is 5.75 Å². The van der Waals surface area contributed by atoms with Crippen molar-refractivity contribution in [2.24, 2.45) is 0 Å². The van der Waals surface area contributed by atoms with Crippen LogP contribution in [-0.2, 0) is 32.6 Å². The highest BCUT2D eigenvalue weighted by Crippen LogP contribution is 2.35. The van der Waals surface area contributed by atoms with Crippen LogP contribution in [0.5, 0.6) is 5.75 Å². The summed E-state index contributed by atoms with van der Waals surface area (Å²) in [6.45, 7) is 3.84. The molecule has 10 heteroatoms. The van der Waals surface area contributed by atoms with Gasteiger partial charge in [-0.3, -0.25) is 13.9 Å². The standard InChI is InChI=1S/C36H40ClN3O5S/c1-4-5-22-38-36(42)33(23-28-12-8-6-9-13-28)39(25-29-14-10-7-11-15-29)35(41)26-40(32-24-30(37)18-21-34(32)45-3)46(43,44)31-19-16-27(2)17-20-31/h6-21,24,33H,4-5,22-23,25-26H2,1-3H3,(H,38,42)/t33-/m1/s1. The van der Waals surface area contributed by atoms with E-state index >= 15 is 0 Å². The highest BCUT2D eigenvalue weighted by Gasteiger charge is 2.35. The third-order valence-corrected chi connectivity index (χ3v) is 9.60. The molecule has 0 aliphatic heterocycles. The highest BCUT2D eigenvalue weighted by atomic mass is 35.5. The van der Waals surface area contributed by atoms with E-state index in [4.69, 9.17) is 16.3 Å². The van der Waals surface area contributed by atoms with Gasteiger partial charge in [-0.05, 0) is 54.8 Å². The molecule has 0 radical (unpaired) electrons. The average molecular weight is 662 g/mol. The molecule has 4 aromatic rings. The number of ether oxygens (including phenoxy) is 1. The first kappa shape index (κ1) is 34.5. The van der Waals surface area contributed by atoms with E-state index < -0.39 is 28.5 Å². The molecular formula is C36H40ClN3O5S. The first-order valence-corrected chi connectivity index (χ1v) is 17.0. The average Bonchev–Trinajstić information content (AvgIpc) is 3.06. The number of aryl methyl sites for hydroxylation is 1. The summed E-state index contributed by atoms with van der Waals surface area (Å²) in [5.41, 5.74) is 2.65. The van der Waals surface area contributed by atoms with Gasteiger partial charge in [-0.1, -0.05) is 103 Å². The summed E-state index contributed by atoms with van der Waals surface area (Å²) in [6.07, 6.45) is 1.92. The predicted octanol–water partition coefficient (Wildman–Crippen LogP) is 6.41. The molecule has 0 fully saturated rings. The maximum Gasteiger partial charge on any atom is 0.264 e. The van der Waals surface area contributed by atoms with Gasteiger partial charge in [-0.25, -0.2) is 8.42 Å². The molecule has 0 bridgehead atoms. The van der Waals surface area contributed by atoms with Crippen LogP contribution in [0, 0.1) is 6.92 Å². The van der Waals surface area contributed by atoms with Crippen molar-refractivity contribution in [2.75, 3.05) is 24.5 Å². The molecule has 4 aromatic carbocycles. The summed E-state index contributed by atoms with van der Waals surface area (Å²) in [5, 5.41) is 3.26. The fraction of sp³-hybridized carbons (Fsp3) is 0.278. The lowest BCUT2D eigenvalue weighted by atomic mass is 10.0. The molecular weight excluding hydrogens is 622 g/mol. The number of unbranched alkanes of at least 4 members (excludes halogenated alkanes) is 1. The number of carbonyl (C=O) groups excluding carboxylic acids is 2. The Morgan fingerprint density at radius 3 is 2.13 bits per heavy atom. The molecule has 0 aliphatic rings. The summed E-state index contributed by atoms with van der Waals surface area (Å²) in [6, 6.07) is 28.9. The molecule has 0 saturated carbocycles. The number of carbonyl (C=O) groups is 2. The number of hydrogen-bond acceptors (Lipinski definition) is 5. The number of halogens is 1. The van der Waals surface area contributed by atoms with Crippen LogP contribution >= 0.6 is 11.6 Å². The Morgan fingerprint density at radius 1 is 0.891 bits per heavy atom. The Morgan fingerprint density at radius 2 is 1.52 bits per heavy atom. The van der Waals surface area contributed by atoms with Gasteiger partial charge in [-0.2, -0.15) is 0 Å². The summed E-state index contributed by atoms with van der Waals surface area (Å²) in [7, 11) is -2.88. The van der Waals surface area contributed by atoms with E-state index in [1.807, 2.05) is 74.5 Å². The van der Waals surface area contributed by atoms with Gasteiger partial charge in [0.05, 0.1) is 17.7 Å². The predicted molar refractivity (Wildman–Crippen MR) is 183 cm³/mol. The maximum atomic E-state index is 14.6. The van der Waals surface area contributed by atoms with Gasteiger partial charge in [0.1, 0.15) is 18.3 Å². The molecule has 8 nitrogen and oxygen atoms in total. The maximum absolute atomic E-state index is 14.6. The van der Waals surface area contributed by atoms with Crippen LogP contribution in [0.2, 0.25) is 5.02 Å². The second-order valence-corrected chi connectivity index (χ2v) is 13.3. The molecule has 0 spiro atoms. The van der Waals surface area contributed by atoms with Crippen LogP contribution in [0.3, 0.4) is 0 Å². The van der Waals surface area contributed by atoms with Crippen LogP contribution in [0.1, 0.15) is 36.5 Å². The molecule has 2 amide bonds. The normalized spacial score (nSPS) is 11.8. The van der Waals surface area contributed by atoms with Crippen molar-refractivity contribution in [3.05, 3.63) is 125 Å². The van der Waals surface area contributed by atoms with Gasteiger partial charge in [0.15, 0.2) is 0 Å². The summed E-state index contributed by atoms with van der Waals surface area (Å²) in [5.74, 6) is -0.649. The first-order valence-electron chi connectivity index (χ1n) is 15.2. The third-order valence-electron chi connectivity index (χ3n) is 7.59. The monoisotopic (exact) mass is 661 g/mol. The molecule has 4 rings (SSSR count). The third kappa shape index (κ3) is 8.89. The van der Waals surface area contributed by atoms with Gasteiger partial charge >= 0.3 is 0 Å². The van der Waals surface area contributed by atoms with E-state index in [1.54, 1.807) is 24.3 Å². The number of rotatable bonds is 15. The number of sulfonamides is 1. The molecule has 0 saturated heterocycles. The molecule has 1 atom stereocenters. The van der Waals surface area contributed by atoms with Crippen molar-refractivity contribution in [1.29, 1.82) is 0 Å². The molecule has 46 heavy (non-hydrogen) atoms. The van der Waals surface area contributed by atoms with Crippen LogP contribution < -0.4 is 14.4 Å². The molecule has 1 N–H and O–H groups in total. The van der Waals surface area contributed by atoms with Crippen LogP contribution in [0.4, 0.5) is 5.69 Å². The first-order chi connectivity index (χ1) is 22.1. The van der Waals surface area contributed by atoms with Gasteiger partial charge in [0.25, 0.3) is 10.0 Å². The number of benzene rings is 4. The van der Waals surface area contributed by atoms with E-state index in [0.29, 0.717) is 6.54 Å². The number of nitrogens with zero attached hydrogens (tertiary/aromatic N) is 2. The van der Waals surface area contributed by atoms with E-state index in [-0.39, 0.29) is 40.2 Å². The molecule has 0 unspecified atom stereocenters. The van der Waals surface area contributed by atoms with Crippen molar-refractivity contribution >= 4 is 39.1 Å². The molecule has 242 valence electrons. The number of nitrogens with one attached hydrogen (secondary N) is 1. The summed E-state index contributed by atoms with van der Waals surface area (Å²) >= 11 is 6.36. The van der Waals surface area contributed by atoms with Crippen molar-refractivity contribution in [2.45, 2.75) is 50.6 Å². The zero-order chi connectivity index (χ0) is 33.1. The largest absolute Gasteiger partial charge is 0.495 e. The minimum Gasteiger partial charge on any atom is -0.495 e. The van der Waals surface area contributed by atoms with Gasteiger partial charge in [0.2, 0.25) is 11.8 Å². The molecule has 0 aliphatic carbocycles. The van der Waals surface area contributed by atoms with Gasteiger partial charge in [-0.15, -0.1) is 0 Å². The number of anilines is 1. The van der Waals surface area contributed by atoms with E-state index in [2.05, 4.69) is 5.32 Å². The van der Waals surface area contributed by atoms with Gasteiger partial charge < -0.3 is 15.0 Å². The smallest absolute Gasteiger partial charge is 0.264 e. The number of methoxy groups -OCH3 is 1. The van der Waals surface area contributed by atoms with Crippen molar-refractivity contribution in [1.82, 2.24) is 10.2 Å². The van der Waals surface area contributed by atoms with Crippen molar-refractivity contribution < 1.29 is 22.7 Å². The lowest BCUT2D eigenvalue weighted by Gasteiger charge is -2.34. The van der Waals surface area contributed by atoms with Crippen LogP contribution in [0.25, 0.3) is 0 Å². The van der Waals surface area contributed by atoms with E-state index in [0.717, 1.165) is 33.8 Å². The highest BCUT2D eigenvalue weighted by molar-refractivity contribution is 7.92. The fourth-order valence-corrected chi connectivity index (χ4v) is 6.63. The zero-order valence-corrected chi connectivity index (χ0v) is 27.9. The van der Waals surface area contributed by atoms with Gasteiger partial charge in [0, 0.05) is 24.5 Å². The Bertz CT molecular complexity index is 1700. The quantitative estimate of drug-likeness (QED) is 0.149. The zero-order valence-electron chi connectivity index (χ0n) is 26.4. The van der Waals surface area contributed by atoms with Crippen LogP contribution in [-0.4, -0.2) is 51.4 Å². The Labute approximate surface area is 277 Å². The summed E-state index contributed by atoms with van der Waals surface area (Å²) < 4.78 is 35.1. The number of amides is 2. The minimum atomic E-state index is -4.30. The Hall–Kier alpha value is -4.34. The van der Waals surface area contributed by atoms with E-state index in [1.165, 1.54) is 30.2 Å². The Balaban J connectivity index is 1.82. The number of hydrogen-bond donors (Lipinski definition) is 1. The second kappa shape index (κ2) is 16.3. The SMILES string of the molecule is CCCCNC(=O)[C@@H](Cc1ccccc1)N(Cc1ccccc1)C(=O)CN(c1cc(Cl)ccc1OC)S(=O)(=O)c1ccc(C)cc1. The van der Waals surface area contributed by atoms with Crippen molar-refractivity contribution in [3.63, 3.8) is 0 Å². The second-order valence-electron chi connectivity index (χ2n) is 11.0. The summed E-state index contributed by atoms with van der Waals surface area (Å²) in [4.78, 5) is 29.9. The molecule has 0 aromatic heterocycles. The Kier molecular flexibility index (Phi) is 12.2. The topological polar surface area (TPSA) is 96.0 Å². The van der Waals surface area contributed by atoms with E-state index in [9.17, 15) is 18.0 Å². The molecule has 0 heterocycles. The van der Waals surface area contributed by atoms with Crippen LogP contribution in [0.15, 0.2) is 108 Å². The fourth-order valence-electron chi connectivity index (χ4n) is 5.05. The lowest BCUT2D eigenvalue weighted by Crippen LogP contribution is -2.53.